The van der Waals surface area contributed by atoms with Gasteiger partial charge in [0.1, 0.15) is 5.82 Å². The summed E-state index contributed by atoms with van der Waals surface area (Å²) in [7, 11) is 0. The molecule has 5 nitrogen and oxygen atoms in total. The third kappa shape index (κ3) is 4.47. The minimum Gasteiger partial charge on any atom is -0.333 e. The summed E-state index contributed by atoms with van der Waals surface area (Å²) in [6, 6.07) is 15.1. The highest BCUT2D eigenvalue weighted by Crippen LogP contribution is 2.34. The summed E-state index contributed by atoms with van der Waals surface area (Å²) in [6.07, 6.45) is 6.33. The maximum Gasteiger partial charge on any atom is 0.266 e. The van der Waals surface area contributed by atoms with Crippen LogP contribution in [-0.2, 0) is 4.79 Å². The number of hydrogen-bond acceptors (Lipinski definition) is 3. The normalized spacial score (nSPS) is 14.5. The molecule has 0 spiro atoms. The van der Waals surface area contributed by atoms with Gasteiger partial charge in [-0.2, -0.15) is 0 Å². The van der Waals surface area contributed by atoms with Crippen molar-refractivity contribution in [3.05, 3.63) is 70.3 Å². The second-order valence-electron chi connectivity index (χ2n) is 8.96. The molecule has 1 atom stereocenters. The molecular formula is C27H33N3O2. The molecule has 1 amide bonds. The van der Waals surface area contributed by atoms with Gasteiger partial charge in [0.2, 0.25) is 5.91 Å². The molecule has 0 saturated heterocycles. The fourth-order valence-electron chi connectivity index (χ4n) is 4.39. The van der Waals surface area contributed by atoms with Crippen molar-refractivity contribution in [2.75, 3.05) is 6.54 Å². The van der Waals surface area contributed by atoms with Gasteiger partial charge >= 0.3 is 0 Å². The summed E-state index contributed by atoms with van der Waals surface area (Å²) in [5, 5.41) is 0.592. The van der Waals surface area contributed by atoms with E-state index >= 15 is 0 Å². The fraction of sp³-hybridized carbons (Fsp3) is 0.444. The van der Waals surface area contributed by atoms with Crippen LogP contribution in [0.5, 0.6) is 0 Å². The van der Waals surface area contributed by atoms with Crippen molar-refractivity contribution in [2.24, 2.45) is 5.92 Å². The van der Waals surface area contributed by atoms with Gasteiger partial charge in [-0.15, -0.1) is 0 Å². The molecule has 3 aromatic rings. The molecule has 0 radical (unpaired) electrons. The van der Waals surface area contributed by atoms with Crippen LogP contribution in [-0.4, -0.2) is 26.9 Å². The van der Waals surface area contributed by atoms with E-state index in [9.17, 15) is 9.59 Å². The van der Waals surface area contributed by atoms with E-state index < -0.39 is 0 Å². The van der Waals surface area contributed by atoms with Crippen LogP contribution >= 0.6 is 0 Å². The number of benzene rings is 2. The summed E-state index contributed by atoms with van der Waals surface area (Å²) in [5.41, 5.74) is 2.41. The van der Waals surface area contributed by atoms with Crippen LogP contribution in [0.4, 0.5) is 0 Å². The lowest BCUT2D eigenvalue weighted by molar-refractivity contribution is -0.135. The van der Waals surface area contributed by atoms with Gasteiger partial charge < -0.3 is 4.90 Å². The molecule has 1 fully saturated rings. The Balaban J connectivity index is 1.83. The first kappa shape index (κ1) is 22.3. The molecular weight excluding hydrogens is 398 g/mol. The number of aryl methyl sites for hydroxylation is 1. The number of carbonyl (C=O) groups is 1. The standard InChI is InChI=1S/C27H33N3O2/c1-4-5-6-11-18-29(26(31)21-16-17-21)20(3)25-28-23-14-9-8-13-22(23)27(32)30(25)24-15-10-7-12-19(24)2/h7-10,12-15,20-21H,4-6,11,16-18H2,1-3H3. The zero-order chi connectivity index (χ0) is 22.7. The highest BCUT2D eigenvalue weighted by atomic mass is 16.2. The van der Waals surface area contributed by atoms with Crippen molar-refractivity contribution in [3.63, 3.8) is 0 Å². The van der Waals surface area contributed by atoms with Crippen LogP contribution in [0, 0.1) is 12.8 Å². The predicted molar refractivity (Wildman–Crippen MR) is 129 cm³/mol. The summed E-state index contributed by atoms with van der Waals surface area (Å²) in [6.45, 7) is 6.91. The molecule has 0 aliphatic heterocycles. The number of carbonyl (C=O) groups excluding carboxylic acids is 1. The maximum absolute atomic E-state index is 13.7. The maximum atomic E-state index is 13.7. The number of unbranched alkanes of at least 4 members (excludes halogenated alkanes) is 3. The largest absolute Gasteiger partial charge is 0.333 e. The molecule has 0 N–H and O–H groups in total. The molecule has 0 bridgehead atoms. The molecule has 4 rings (SSSR count). The number of aromatic nitrogens is 2. The minimum absolute atomic E-state index is 0.0865. The molecule has 2 aromatic carbocycles. The van der Waals surface area contributed by atoms with Crippen molar-refractivity contribution < 1.29 is 4.79 Å². The molecule has 1 heterocycles. The van der Waals surface area contributed by atoms with Crippen LogP contribution in [0.3, 0.4) is 0 Å². The van der Waals surface area contributed by atoms with E-state index in [0.29, 0.717) is 23.3 Å². The van der Waals surface area contributed by atoms with Gasteiger partial charge in [0.25, 0.3) is 5.56 Å². The molecule has 168 valence electrons. The van der Waals surface area contributed by atoms with Crippen LogP contribution in [0.15, 0.2) is 53.3 Å². The van der Waals surface area contributed by atoms with Gasteiger partial charge in [-0.05, 0) is 56.9 Å². The Bertz CT molecular complexity index is 1160. The second-order valence-corrected chi connectivity index (χ2v) is 8.96. The topological polar surface area (TPSA) is 55.2 Å². The van der Waals surface area contributed by atoms with Gasteiger partial charge in [0, 0.05) is 12.5 Å². The number of hydrogen-bond donors (Lipinski definition) is 0. The fourth-order valence-corrected chi connectivity index (χ4v) is 4.39. The van der Waals surface area contributed by atoms with E-state index in [-0.39, 0.29) is 23.4 Å². The predicted octanol–water partition coefficient (Wildman–Crippen LogP) is 5.57. The number of fused-ring (bicyclic) bond motifs is 1. The third-order valence-corrected chi connectivity index (χ3v) is 6.46. The SMILES string of the molecule is CCCCCCN(C(=O)C1CC1)C(C)c1nc2ccccc2c(=O)n1-c1ccccc1C. The van der Waals surface area contributed by atoms with Gasteiger partial charge in [0.15, 0.2) is 0 Å². The highest BCUT2D eigenvalue weighted by Gasteiger charge is 2.36. The average molecular weight is 432 g/mol. The van der Waals surface area contributed by atoms with Crippen LogP contribution in [0.1, 0.15) is 69.8 Å². The number of amides is 1. The Kier molecular flexibility index (Phi) is 6.73. The van der Waals surface area contributed by atoms with E-state index in [4.69, 9.17) is 4.98 Å². The van der Waals surface area contributed by atoms with Crippen molar-refractivity contribution in [2.45, 2.75) is 65.3 Å². The van der Waals surface area contributed by atoms with E-state index in [0.717, 1.165) is 43.4 Å². The van der Waals surface area contributed by atoms with Crippen LogP contribution in [0.25, 0.3) is 16.6 Å². The highest BCUT2D eigenvalue weighted by molar-refractivity contribution is 5.82. The lowest BCUT2D eigenvalue weighted by Crippen LogP contribution is -2.39. The zero-order valence-electron chi connectivity index (χ0n) is 19.4. The van der Waals surface area contributed by atoms with Crippen LogP contribution in [0.2, 0.25) is 0 Å². The lowest BCUT2D eigenvalue weighted by Gasteiger charge is -2.31. The Hall–Kier alpha value is -2.95. The summed E-state index contributed by atoms with van der Waals surface area (Å²) >= 11 is 0. The zero-order valence-corrected chi connectivity index (χ0v) is 19.4. The van der Waals surface area contributed by atoms with Gasteiger partial charge in [-0.3, -0.25) is 14.2 Å². The van der Waals surface area contributed by atoms with E-state index in [1.165, 1.54) is 6.42 Å². The monoisotopic (exact) mass is 431 g/mol. The molecule has 1 aliphatic carbocycles. The van der Waals surface area contributed by atoms with Gasteiger partial charge in [0.05, 0.1) is 22.6 Å². The van der Waals surface area contributed by atoms with Gasteiger partial charge in [-0.1, -0.05) is 56.5 Å². The average Bonchev–Trinajstić information content (AvgIpc) is 3.65. The Morgan fingerprint density at radius 2 is 1.81 bits per heavy atom. The van der Waals surface area contributed by atoms with Crippen LogP contribution < -0.4 is 5.56 Å². The first-order valence-electron chi connectivity index (χ1n) is 11.9. The molecule has 32 heavy (non-hydrogen) atoms. The Labute approximate surface area is 190 Å². The van der Waals surface area contributed by atoms with E-state index in [1.807, 2.05) is 67.3 Å². The molecule has 1 aromatic heterocycles. The first-order chi connectivity index (χ1) is 15.5. The molecule has 1 aliphatic rings. The van der Waals surface area contributed by atoms with Gasteiger partial charge in [-0.25, -0.2) is 4.98 Å². The summed E-state index contributed by atoms with van der Waals surface area (Å²) < 4.78 is 1.72. The Morgan fingerprint density at radius 3 is 2.53 bits per heavy atom. The Morgan fingerprint density at radius 1 is 1.09 bits per heavy atom. The van der Waals surface area contributed by atoms with E-state index in [2.05, 4.69) is 6.92 Å². The minimum atomic E-state index is -0.290. The summed E-state index contributed by atoms with van der Waals surface area (Å²) in [4.78, 5) is 33.8. The lowest BCUT2D eigenvalue weighted by atomic mass is 10.1. The summed E-state index contributed by atoms with van der Waals surface area (Å²) in [5.74, 6) is 0.961. The molecule has 1 unspecified atom stereocenters. The quantitative estimate of drug-likeness (QED) is 0.416. The van der Waals surface area contributed by atoms with Crippen molar-refractivity contribution in [3.8, 4) is 5.69 Å². The number of nitrogens with zero attached hydrogens (tertiary/aromatic N) is 3. The number of rotatable bonds is 9. The van der Waals surface area contributed by atoms with E-state index in [1.54, 1.807) is 4.57 Å². The first-order valence-corrected chi connectivity index (χ1v) is 11.9. The van der Waals surface area contributed by atoms with Crippen molar-refractivity contribution in [1.82, 2.24) is 14.5 Å². The molecule has 5 heteroatoms. The smallest absolute Gasteiger partial charge is 0.266 e. The van der Waals surface area contributed by atoms with Crippen molar-refractivity contribution >= 4 is 16.8 Å². The molecule has 1 saturated carbocycles. The number of para-hydroxylation sites is 2. The van der Waals surface area contributed by atoms with Crippen molar-refractivity contribution in [1.29, 1.82) is 0 Å². The third-order valence-electron chi connectivity index (χ3n) is 6.46. The second kappa shape index (κ2) is 9.68.